The zero-order valence-corrected chi connectivity index (χ0v) is 12.5. The monoisotopic (exact) mass is 292 g/mol. The molecule has 0 aliphatic carbocycles. The van der Waals surface area contributed by atoms with Gasteiger partial charge in [0.25, 0.3) is 5.91 Å². The van der Waals surface area contributed by atoms with Gasteiger partial charge in [0, 0.05) is 12.6 Å². The van der Waals surface area contributed by atoms with Crippen molar-refractivity contribution in [1.29, 1.82) is 0 Å². The highest BCUT2D eigenvalue weighted by atomic mass is 16.5. The third-order valence-electron chi connectivity index (χ3n) is 2.77. The number of rotatable bonds is 6. The van der Waals surface area contributed by atoms with Crippen LogP contribution in [0.2, 0.25) is 0 Å². The van der Waals surface area contributed by atoms with Gasteiger partial charge < -0.3 is 15.0 Å². The van der Waals surface area contributed by atoms with Gasteiger partial charge in [-0.05, 0) is 26.0 Å². The van der Waals surface area contributed by atoms with Crippen molar-refractivity contribution in [3.05, 3.63) is 35.9 Å². The number of nitrogens with zero attached hydrogens (tertiary/aromatic N) is 1. The van der Waals surface area contributed by atoms with Crippen LogP contribution in [0.15, 0.2) is 30.3 Å². The van der Waals surface area contributed by atoms with E-state index in [1.165, 1.54) is 18.9 Å². The van der Waals surface area contributed by atoms with Crippen LogP contribution in [0, 0.1) is 0 Å². The zero-order valence-electron chi connectivity index (χ0n) is 12.5. The second-order valence-corrected chi connectivity index (χ2v) is 4.57. The fourth-order valence-electron chi connectivity index (χ4n) is 1.70. The maximum Gasteiger partial charge on any atom is 0.328 e. The first-order valence-corrected chi connectivity index (χ1v) is 6.72. The number of nitrogens with one attached hydrogen (secondary N) is 1. The summed E-state index contributed by atoms with van der Waals surface area (Å²) >= 11 is 0. The third kappa shape index (κ3) is 5.25. The molecule has 0 heterocycles. The molecule has 0 saturated carbocycles. The lowest BCUT2D eigenvalue weighted by molar-refractivity contribution is -0.146. The number of hydrogen-bond acceptors (Lipinski definition) is 4. The molecule has 6 nitrogen and oxygen atoms in total. The fourth-order valence-corrected chi connectivity index (χ4v) is 1.70. The first kappa shape index (κ1) is 16.7. The Balaban J connectivity index is 2.51. The number of benzene rings is 1. The molecule has 0 fully saturated rings. The standard InChI is InChI=1S/C15H20N2O4/c1-4-21-15(20)11(2)16-13(18)10-17(3)14(19)12-8-6-5-7-9-12/h5-9,11H,4,10H2,1-3H3,(H,16,18). The largest absolute Gasteiger partial charge is 0.464 e. The number of esters is 1. The van der Waals surface area contributed by atoms with Gasteiger partial charge in [0.05, 0.1) is 13.2 Å². The quantitative estimate of drug-likeness (QED) is 0.788. The van der Waals surface area contributed by atoms with E-state index in [-0.39, 0.29) is 19.1 Å². The second-order valence-electron chi connectivity index (χ2n) is 4.57. The van der Waals surface area contributed by atoms with E-state index in [1.807, 2.05) is 6.07 Å². The summed E-state index contributed by atoms with van der Waals surface area (Å²) in [7, 11) is 1.53. The number of amides is 2. The summed E-state index contributed by atoms with van der Waals surface area (Å²) < 4.78 is 4.79. The molecule has 0 aliphatic heterocycles. The van der Waals surface area contributed by atoms with Gasteiger partial charge in [-0.2, -0.15) is 0 Å². The smallest absolute Gasteiger partial charge is 0.328 e. The Morgan fingerprint density at radius 2 is 1.86 bits per heavy atom. The zero-order chi connectivity index (χ0) is 15.8. The topological polar surface area (TPSA) is 75.7 Å². The lowest BCUT2D eigenvalue weighted by Crippen LogP contribution is -2.45. The van der Waals surface area contributed by atoms with Gasteiger partial charge in [-0.25, -0.2) is 4.79 Å². The molecule has 1 aromatic rings. The summed E-state index contributed by atoms with van der Waals surface area (Å²) in [5.41, 5.74) is 0.506. The number of hydrogen-bond donors (Lipinski definition) is 1. The molecule has 1 aromatic carbocycles. The molecule has 1 N–H and O–H groups in total. The van der Waals surface area contributed by atoms with Crippen LogP contribution >= 0.6 is 0 Å². The Labute approximate surface area is 124 Å². The van der Waals surface area contributed by atoms with Gasteiger partial charge in [-0.1, -0.05) is 18.2 Å². The summed E-state index contributed by atoms with van der Waals surface area (Å²) in [6.07, 6.45) is 0. The number of likely N-dealkylation sites (N-methyl/N-ethyl adjacent to an activating group) is 1. The predicted molar refractivity (Wildman–Crippen MR) is 77.6 cm³/mol. The fraction of sp³-hybridized carbons (Fsp3) is 0.400. The van der Waals surface area contributed by atoms with E-state index in [9.17, 15) is 14.4 Å². The van der Waals surface area contributed by atoms with Crippen molar-refractivity contribution < 1.29 is 19.1 Å². The average Bonchev–Trinajstić information content (AvgIpc) is 2.47. The highest BCUT2D eigenvalue weighted by molar-refractivity contribution is 5.96. The van der Waals surface area contributed by atoms with Crippen LogP contribution in [-0.2, 0) is 14.3 Å². The van der Waals surface area contributed by atoms with Crippen LogP contribution in [0.5, 0.6) is 0 Å². The van der Waals surface area contributed by atoms with Crippen molar-refractivity contribution in [2.75, 3.05) is 20.2 Å². The molecule has 0 aliphatic rings. The molecule has 2 amide bonds. The molecule has 1 rings (SSSR count). The number of carbonyl (C=O) groups is 3. The van der Waals surface area contributed by atoms with E-state index in [0.717, 1.165) is 0 Å². The first-order valence-electron chi connectivity index (χ1n) is 6.72. The summed E-state index contributed by atoms with van der Waals surface area (Å²) in [6, 6.07) is 7.94. The van der Waals surface area contributed by atoms with Crippen molar-refractivity contribution in [1.82, 2.24) is 10.2 Å². The minimum atomic E-state index is -0.738. The van der Waals surface area contributed by atoms with Crippen molar-refractivity contribution in [3.63, 3.8) is 0 Å². The molecule has 114 valence electrons. The van der Waals surface area contributed by atoms with E-state index >= 15 is 0 Å². The normalized spacial score (nSPS) is 11.4. The van der Waals surface area contributed by atoms with Gasteiger partial charge in [-0.3, -0.25) is 9.59 Å². The Hall–Kier alpha value is -2.37. The molecule has 21 heavy (non-hydrogen) atoms. The van der Waals surface area contributed by atoms with E-state index in [1.54, 1.807) is 31.2 Å². The van der Waals surface area contributed by atoms with Gasteiger partial charge in [0.1, 0.15) is 6.04 Å². The Morgan fingerprint density at radius 1 is 1.24 bits per heavy atom. The van der Waals surface area contributed by atoms with E-state index in [0.29, 0.717) is 5.56 Å². The van der Waals surface area contributed by atoms with Crippen LogP contribution in [0.1, 0.15) is 24.2 Å². The van der Waals surface area contributed by atoms with E-state index in [4.69, 9.17) is 4.74 Å². The Kier molecular flexibility index (Phi) is 6.39. The molecule has 0 saturated heterocycles. The average molecular weight is 292 g/mol. The van der Waals surface area contributed by atoms with Crippen molar-refractivity contribution in [3.8, 4) is 0 Å². The maximum absolute atomic E-state index is 12.1. The summed E-state index contributed by atoms with van der Waals surface area (Å²) in [5, 5.41) is 2.49. The van der Waals surface area contributed by atoms with Gasteiger partial charge in [0.2, 0.25) is 5.91 Å². The molecule has 0 spiro atoms. The van der Waals surface area contributed by atoms with Crippen LogP contribution in [0.25, 0.3) is 0 Å². The SMILES string of the molecule is CCOC(=O)C(C)NC(=O)CN(C)C(=O)c1ccccc1. The van der Waals surface area contributed by atoms with Gasteiger partial charge in [0.15, 0.2) is 0 Å². The lowest BCUT2D eigenvalue weighted by atomic mass is 10.2. The Bertz CT molecular complexity index is 502. The molecule has 0 bridgehead atoms. The number of carbonyl (C=O) groups excluding carboxylic acids is 3. The molecular weight excluding hydrogens is 272 g/mol. The molecule has 0 aromatic heterocycles. The minimum Gasteiger partial charge on any atom is -0.464 e. The minimum absolute atomic E-state index is 0.128. The molecular formula is C15H20N2O4. The molecule has 1 unspecified atom stereocenters. The van der Waals surface area contributed by atoms with Crippen LogP contribution in [-0.4, -0.2) is 48.9 Å². The lowest BCUT2D eigenvalue weighted by Gasteiger charge is -2.18. The van der Waals surface area contributed by atoms with Crippen molar-refractivity contribution >= 4 is 17.8 Å². The summed E-state index contributed by atoms with van der Waals surface area (Å²) in [4.78, 5) is 36.5. The number of ether oxygens (including phenoxy) is 1. The highest BCUT2D eigenvalue weighted by Gasteiger charge is 2.19. The molecule has 1 atom stereocenters. The summed E-state index contributed by atoms with van der Waals surface area (Å²) in [6.45, 7) is 3.36. The summed E-state index contributed by atoms with van der Waals surface area (Å²) in [5.74, 6) is -1.17. The maximum atomic E-state index is 12.1. The van der Waals surface area contributed by atoms with Crippen LogP contribution in [0.4, 0.5) is 0 Å². The van der Waals surface area contributed by atoms with E-state index in [2.05, 4.69) is 5.32 Å². The van der Waals surface area contributed by atoms with Crippen LogP contribution in [0.3, 0.4) is 0 Å². The Morgan fingerprint density at radius 3 is 2.43 bits per heavy atom. The molecule has 0 radical (unpaired) electrons. The van der Waals surface area contributed by atoms with Crippen molar-refractivity contribution in [2.24, 2.45) is 0 Å². The van der Waals surface area contributed by atoms with E-state index < -0.39 is 17.9 Å². The third-order valence-corrected chi connectivity index (χ3v) is 2.77. The van der Waals surface area contributed by atoms with Crippen molar-refractivity contribution in [2.45, 2.75) is 19.9 Å². The van der Waals surface area contributed by atoms with Gasteiger partial charge in [-0.15, -0.1) is 0 Å². The van der Waals surface area contributed by atoms with Crippen LogP contribution < -0.4 is 5.32 Å². The first-order chi connectivity index (χ1) is 9.95. The predicted octanol–water partition coefficient (Wildman–Crippen LogP) is 0.826. The van der Waals surface area contributed by atoms with Gasteiger partial charge >= 0.3 is 5.97 Å². The second kappa shape index (κ2) is 8.04. The highest BCUT2D eigenvalue weighted by Crippen LogP contribution is 2.02. The molecule has 6 heteroatoms.